The van der Waals surface area contributed by atoms with Crippen LogP contribution < -0.4 is 9.47 Å². The van der Waals surface area contributed by atoms with Crippen LogP contribution in [-0.4, -0.2) is 46.5 Å². The maximum atomic E-state index is 6.54. The van der Waals surface area contributed by atoms with E-state index < -0.39 is 0 Å². The standard InChI is InChI=1S/C24H20ClN3O4/c25-17-12-18-23(28-24(26-18)32-20-13-30-19-10-11-29-22(19)20)27-21(17)14-6-8-16(9-7-14)31-15-4-2-1-3-5-15/h1-9,12,19-20,22H,10-11,13H2,(H,26,27,28)/t19-,20?,22?/m1/s1. The Labute approximate surface area is 189 Å². The summed E-state index contributed by atoms with van der Waals surface area (Å²) in [6.45, 7) is 1.19. The lowest BCUT2D eigenvalue weighted by atomic mass is 10.1. The molecule has 8 heteroatoms. The normalized spacial score (nSPS) is 22.2. The van der Waals surface area contributed by atoms with Gasteiger partial charge < -0.3 is 23.9 Å². The maximum absolute atomic E-state index is 6.54. The van der Waals surface area contributed by atoms with Gasteiger partial charge in [-0.05, 0) is 48.9 Å². The van der Waals surface area contributed by atoms with Crippen molar-refractivity contribution >= 4 is 22.8 Å². The molecule has 2 saturated heterocycles. The van der Waals surface area contributed by atoms with Crippen LogP contribution in [0.15, 0.2) is 60.7 Å². The van der Waals surface area contributed by atoms with Crippen LogP contribution in [0.5, 0.6) is 17.5 Å². The first-order chi connectivity index (χ1) is 15.7. The van der Waals surface area contributed by atoms with Gasteiger partial charge in [0.15, 0.2) is 11.8 Å². The van der Waals surface area contributed by atoms with E-state index in [1.165, 1.54) is 0 Å². The molecule has 0 saturated carbocycles. The summed E-state index contributed by atoms with van der Waals surface area (Å²) in [5.74, 6) is 1.52. The number of imidazole rings is 1. The number of nitrogens with one attached hydrogen (secondary N) is 1. The fraction of sp³-hybridized carbons (Fsp3) is 0.250. The number of halogens is 1. The highest BCUT2D eigenvalue weighted by Gasteiger charge is 2.43. The number of pyridine rings is 1. The lowest BCUT2D eigenvalue weighted by molar-refractivity contribution is 0.0273. The molecule has 2 aromatic carbocycles. The van der Waals surface area contributed by atoms with E-state index in [2.05, 4.69) is 15.0 Å². The summed E-state index contributed by atoms with van der Waals surface area (Å²) in [5, 5.41) is 0.521. The van der Waals surface area contributed by atoms with Gasteiger partial charge in [-0.25, -0.2) is 4.98 Å². The van der Waals surface area contributed by atoms with Crippen LogP contribution in [0.2, 0.25) is 5.02 Å². The first kappa shape index (κ1) is 19.5. The Kier molecular flexibility index (Phi) is 4.94. The van der Waals surface area contributed by atoms with Gasteiger partial charge in [-0.2, -0.15) is 4.98 Å². The minimum atomic E-state index is -0.185. The summed E-state index contributed by atoms with van der Waals surface area (Å²) in [6, 6.07) is 19.5. The van der Waals surface area contributed by atoms with Crippen molar-refractivity contribution in [3.8, 4) is 28.8 Å². The molecule has 1 N–H and O–H groups in total. The molecule has 6 rings (SSSR count). The molecule has 2 aliphatic heterocycles. The van der Waals surface area contributed by atoms with Crippen molar-refractivity contribution < 1.29 is 18.9 Å². The highest BCUT2D eigenvalue weighted by atomic mass is 35.5. The quantitative estimate of drug-likeness (QED) is 0.461. The van der Waals surface area contributed by atoms with Gasteiger partial charge in [0.25, 0.3) is 6.01 Å². The lowest BCUT2D eigenvalue weighted by Gasteiger charge is -2.15. The number of nitrogens with zero attached hydrogens (tertiary/aromatic N) is 2. The van der Waals surface area contributed by atoms with Crippen LogP contribution in [0.1, 0.15) is 6.42 Å². The average molecular weight is 450 g/mol. The third-order valence-corrected chi connectivity index (χ3v) is 5.98. The Bertz CT molecular complexity index is 1250. The van der Waals surface area contributed by atoms with Crippen molar-refractivity contribution in [2.45, 2.75) is 24.7 Å². The van der Waals surface area contributed by atoms with E-state index in [0.29, 0.717) is 41.1 Å². The SMILES string of the molecule is Clc1cc2[nH]c(OC3CO[C@@H]4CCOC34)nc2nc1-c1ccc(Oc2ccccc2)cc1. The molecular weight excluding hydrogens is 430 g/mol. The number of aromatic amines is 1. The van der Waals surface area contributed by atoms with E-state index in [-0.39, 0.29) is 18.3 Å². The number of ether oxygens (including phenoxy) is 4. The van der Waals surface area contributed by atoms with E-state index in [1.807, 2.05) is 60.7 Å². The molecular formula is C24H20ClN3O4. The van der Waals surface area contributed by atoms with Crippen molar-refractivity contribution in [2.75, 3.05) is 13.2 Å². The summed E-state index contributed by atoms with van der Waals surface area (Å²) in [7, 11) is 0. The number of H-pyrrole nitrogens is 1. The zero-order chi connectivity index (χ0) is 21.5. The molecule has 0 aliphatic carbocycles. The molecule has 2 fully saturated rings. The molecule has 3 atom stereocenters. The first-order valence-corrected chi connectivity index (χ1v) is 10.9. The molecule has 0 amide bonds. The summed E-state index contributed by atoms with van der Waals surface area (Å²) >= 11 is 6.54. The molecule has 2 unspecified atom stereocenters. The van der Waals surface area contributed by atoms with E-state index in [9.17, 15) is 0 Å². The van der Waals surface area contributed by atoms with Gasteiger partial charge in [0.1, 0.15) is 17.6 Å². The van der Waals surface area contributed by atoms with Crippen molar-refractivity contribution in [3.05, 3.63) is 65.7 Å². The van der Waals surface area contributed by atoms with Crippen LogP contribution in [-0.2, 0) is 9.47 Å². The molecule has 2 aliphatic rings. The Balaban J connectivity index is 1.23. The summed E-state index contributed by atoms with van der Waals surface area (Å²) in [5.41, 5.74) is 2.76. The minimum absolute atomic E-state index is 0.0491. The van der Waals surface area contributed by atoms with Crippen LogP contribution in [0.4, 0.5) is 0 Å². The topological polar surface area (TPSA) is 78.5 Å². The highest BCUT2D eigenvalue weighted by molar-refractivity contribution is 6.33. The molecule has 162 valence electrons. The Hall–Kier alpha value is -3.13. The predicted molar refractivity (Wildman–Crippen MR) is 119 cm³/mol. The van der Waals surface area contributed by atoms with Crippen LogP contribution in [0.3, 0.4) is 0 Å². The number of rotatable bonds is 5. The number of para-hydroxylation sites is 1. The fourth-order valence-corrected chi connectivity index (χ4v) is 4.39. The monoisotopic (exact) mass is 449 g/mol. The molecule has 4 aromatic rings. The van der Waals surface area contributed by atoms with Crippen LogP contribution >= 0.6 is 11.6 Å². The van der Waals surface area contributed by atoms with Gasteiger partial charge >= 0.3 is 0 Å². The smallest absolute Gasteiger partial charge is 0.296 e. The lowest BCUT2D eigenvalue weighted by Crippen LogP contribution is -2.32. The molecule has 4 heterocycles. The third kappa shape index (κ3) is 3.68. The maximum Gasteiger partial charge on any atom is 0.296 e. The summed E-state index contributed by atoms with van der Waals surface area (Å²) in [6.07, 6.45) is 0.778. The third-order valence-electron chi connectivity index (χ3n) is 5.69. The van der Waals surface area contributed by atoms with Gasteiger partial charge in [-0.1, -0.05) is 29.8 Å². The minimum Gasteiger partial charge on any atom is -0.457 e. The van der Waals surface area contributed by atoms with Gasteiger partial charge in [-0.3, -0.25) is 0 Å². The summed E-state index contributed by atoms with van der Waals surface area (Å²) in [4.78, 5) is 12.3. The Morgan fingerprint density at radius 1 is 0.969 bits per heavy atom. The second-order valence-corrected chi connectivity index (χ2v) is 8.23. The van der Waals surface area contributed by atoms with E-state index in [0.717, 1.165) is 23.5 Å². The van der Waals surface area contributed by atoms with Crippen molar-refractivity contribution in [2.24, 2.45) is 0 Å². The number of hydrogen-bond acceptors (Lipinski definition) is 6. The second kappa shape index (κ2) is 8.09. The van der Waals surface area contributed by atoms with Crippen molar-refractivity contribution in [1.29, 1.82) is 0 Å². The van der Waals surface area contributed by atoms with Gasteiger partial charge in [0.2, 0.25) is 0 Å². The highest BCUT2D eigenvalue weighted by Crippen LogP contribution is 2.33. The van der Waals surface area contributed by atoms with Crippen molar-refractivity contribution in [3.63, 3.8) is 0 Å². The Morgan fingerprint density at radius 2 is 1.78 bits per heavy atom. The van der Waals surface area contributed by atoms with E-state index >= 15 is 0 Å². The van der Waals surface area contributed by atoms with Crippen LogP contribution in [0.25, 0.3) is 22.4 Å². The molecule has 0 spiro atoms. The molecule has 0 radical (unpaired) electrons. The number of benzene rings is 2. The molecule has 7 nitrogen and oxygen atoms in total. The van der Waals surface area contributed by atoms with Gasteiger partial charge in [-0.15, -0.1) is 0 Å². The average Bonchev–Trinajstić information content (AvgIpc) is 3.52. The zero-order valence-corrected chi connectivity index (χ0v) is 17.8. The van der Waals surface area contributed by atoms with Gasteiger partial charge in [0.05, 0.1) is 28.9 Å². The van der Waals surface area contributed by atoms with E-state index in [4.69, 9.17) is 30.5 Å². The summed E-state index contributed by atoms with van der Waals surface area (Å²) < 4.78 is 23.4. The van der Waals surface area contributed by atoms with E-state index in [1.54, 1.807) is 0 Å². The molecule has 32 heavy (non-hydrogen) atoms. The molecule has 2 aromatic heterocycles. The van der Waals surface area contributed by atoms with Crippen molar-refractivity contribution in [1.82, 2.24) is 15.0 Å². The largest absolute Gasteiger partial charge is 0.457 e. The number of aromatic nitrogens is 3. The zero-order valence-electron chi connectivity index (χ0n) is 17.0. The molecule has 0 bridgehead atoms. The Morgan fingerprint density at radius 3 is 2.62 bits per heavy atom. The number of hydrogen-bond donors (Lipinski definition) is 1. The van der Waals surface area contributed by atoms with Crippen LogP contribution in [0, 0.1) is 0 Å². The first-order valence-electron chi connectivity index (χ1n) is 10.5. The predicted octanol–water partition coefficient (Wildman–Crippen LogP) is 5.01. The van der Waals surface area contributed by atoms with Gasteiger partial charge in [0, 0.05) is 12.2 Å². The second-order valence-electron chi connectivity index (χ2n) is 7.82. The number of fused-ring (bicyclic) bond motifs is 2. The fourth-order valence-electron chi connectivity index (χ4n) is 4.13.